The lowest BCUT2D eigenvalue weighted by molar-refractivity contribution is 0.526. The maximum atomic E-state index is 4.70. The van der Waals surface area contributed by atoms with E-state index in [0.717, 1.165) is 23.7 Å². The number of hydrogen-bond acceptors (Lipinski definition) is 2. The summed E-state index contributed by atoms with van der Waals surface area (Å²) >= 11 is 0. The maximum Gasteiger partial charge on any atom is 0.107 e. The van der Waals surface area contributed by atoms with Gasteiger partial charge in [-0.15, -0.1) is 0 Å². The minimum Gasteiger partial charge on any atom is -0.342 e. The van der Waals surface area contributed by atoms with Crippen LogP contribution in [0.5, 0.6) is 0 Å². The summed E-state index contributed by atoms with van der Waals surface area (Å²) < 4.78 is 0. The lowest BCUT2D eigenvalue weighted by atomic mass is 10.0. The first-order valence-electron chi connectivity index (χ1n) is 6.89. The minimum absolute atomic E-state index is 0.835. The van der Waals surface area contributed by atoms with Crippen molar-refractivity contribution in [1.29, 1.82) is 0 Å². The first-order valence-corrected chi connectivity index (χ1v) is 6.89. The highest BCUT2D eigenvalue weighted by molar-refractivity contribution is 5.77. The molecule has 1 aromatic heterocycles. The zero-order valence-corrected chi connectivity index (χ0v) is 11.2. The molecule has 2 aromatic rings. The summed E-state index contributed by atoms with van der Waals surface area (Å²) in [5, 5.41) is 3.42. The van der Waals surface area contributed by atoms with Gasteiger partial charge in [-0.05, 0) is 69.0 Å². The number of imidazole rings is 1. The molecule has 0 saturated carbocycles. The van der Waals surface area contributed by atoms with Crippen LogP contribution in [0.4, 0.5) is 0 Å². The maximum absolute atomic E-state index is 4.70. The molecule has 0 radical (unpaired) electrons. The molecule has 3 nitrogen and oxygen atoms in total. The van der Waals surface area contributed by atoms with Crippen LogP contribution < -0.4 is 5.32 Å². The van der Waals surface area contributed by atoms with E-state index in [1.165, 1.54) is 42.6 Å². The summed E-state index contributed by atoms with van der Waals surface area (Å²) in [7, 11) is 0. The number of nitrogens with one attached hydrogen (secondary N) is 2. The molecule has 2 N–H and O–H groups in total. The first-order chi connectivity index (χ1) is 8.72. The van der Waals surface area contributed by atoms with Crippen LogP contribution in [0.3, 0.4) is 0 Å². The van der Waals surface area contributed by atoms with E-state index in [9.17, 15) is 0 Å². The monoisotopic (exact) mass is 243 g/mol. The predicted octanol–water partition coefficient (Wildman–Crippen LogP) is 2.72. The number of rotatable bonds is 3. The molecule has 1 saturated heterocycles. The number of benzene rings is 1. The molecule has 1 unspecified atom stereocenters. The fourth-order valence-electron chi connectivity index (χ4n) is 2.74. The standard InChI is InChI=1S/C15H21N3/c1-10-7-13-14(8-11(10)2)18-15(17-13)4-3-12-5-6-16-9-12/h7-8,12,16H,3-6,9H2,1-2H3,(H,17,18). The Kier molecular flexibility index (Phi) is 3.08. The third-order valence-corrected chi connectivity index (χ3v) is 4.10. The van der Waals surface area contributed by atoms with Crippen molar-refractivity contribution in [3.05, 3.63) is 29.1 Å². The average molecular weight is 243 g/mol. The second-order valence-electron chi connectivity index (χ2n) is 5.53. The fourth-order valence-corrected chi connectivity index (χ4v) is 2.74. The van der Waals surface area contributed by atoms with Gasteiger partial charge in [0.15, 0.2) is 0 Å². The SMILES string of the molecule is Cc1cc2nc(CCC3CCNC3)[nH]c2cc1C. The van der Waals surface area contributed by atoms with Crippen molar-refractivity contribution in [2.75, 3.05) is 13.1 Å². The molecule has 3 heteroatoms. The second-order valence-corrected chi connectivity index (χ2v) is 5.53. The van der Waals surface area contributed by atoms with Gasteiger partial charge in [0, 0.05) is 6.42 Å². The Morgan fingerprint density at radius 2 is 2.11 bits per heavy atom. The molecule has 3 rings (SSSR count). The van der Waals surface area contributed by atoms with Crippen molar-refractivity contribution in [3.8, 4) is 0 Å². The largest absolute Gasteiger partial charge is 0.342 e. The summed E-state index contributed by atoms with van der Waals surface area (Å²) in [5.74, 6) is 1.98. The second kappa shape index (κ2) is 4.73. The molecule has 0 aliphatic carbocycles. The zero-order chi connectivity index (χ0) is 12.5. The smallest absolute Gasteiger partial charge is 0.107 e. The van der Waals surface area contributed by atoms with Crippen LogP contribution >= 0.6 is 0 Å². The van der Waals surface area contributed by atoms with Gasteiger partial charge in [-0.3, -0.25) is 0 Å². The number of aryl methyl sites for hydroxylation is 3. The predicted molar refractivity (Wildman–Crippen MR) is 74.9 cm³/mol. The summed E-state index contributed by atoms with van der Waals surface area (Å²) in [6.45, 7) is 6.66. The number of H-pyrrole nitrogens is 1. The molecule has 1 aromatic carbocycles. The average Bonchev–Trinajstić information content (AvgIpc) is 2.96. The number of aromatic nitrogens is 2. The van der Waals surface area contributed by atoms with Crippen molar-refractivity contribution in [3.63, 3.8) is 0 Å². The Balaban J connectivity index is 1.76. The van der Waals surface area contributed by atoms with Gasteiger partial charge in [-0.1, -0.05) is 0 Å². The first kappa shape index (κ1) is 11.7. The van der Waals surface area contributed by atoms with Gasteiger partial charge in [0.2, 0.25) is 0 Å². The Morgan fingerprint density at radius 1 is 1.28 bits per heavy atom. The summed E-state index contributed by atoms with van der Waals surface area (Å²) in [4.78, 5) is 8.16. The topological polar surface area (TPSA) is 40.7 Å². The van der Waals surface area contributed by atoms with Crippen molar-refractivity contribution < 1.29 is 0 Å². The van der Waals surface area contributed by atoms with Gasteiger partial charge in [0.1, 0.15) is 5.82 Å². The third kappa shape index (κ3) is 2.27. The van der Waals surface area contributed by atoms with Crippen molar-refractivity contribution >= 4 is 11.0 Å². The molecule has 0 amide bonds. The molecule has 96 valence electrons. The van der Waals surface area contributed by atoms with Crippen LogP contribution in [0.2, 0.25) is 0 Å². The Morgan fingerprint density at radius 3 is 2.89 bits per heavy atom. The van der Waals surface area contributed by atoms with Crippen LogP contribution in [0.15, 0.2) is 12.1 Å². The van der Waals surface area contributed by atoms with E-state index in [0.29, 0.717) is 0 Å². The van der Waals surface area contributed by atoms with Gasteiger partial charge < -0.3 is 10.3 Å². The highest BCUT2D eigenvalue weighted by Crippen LogP contribution is 2.19. The molecular weight excluding hydrogens is 222 g/mol. The lowest BCUT2D eigenvalue weighted by Crippen LogP contribution is -2.09. The highest BCUT2D eigenvalue weighted by Gasteiger charge is 2.15. The fraction of sp³-hybridized carbons (Fsp3) is 0.533. The quantitative estimate of drug-likeness (QED) is 0.870. The van der Waals surface area contributed by atoms with Gasteiger partial charge in [0.05, 0.1) is 11.0 Å². The Hall–Kier alpha value is -1.35. The van der Waals surface area contributed by atoms with E-state index in [1.54, 1.807) is 0 Å². The van der Waals surface area contributed by atoms with Gasteiger partial charge in [0.25, 0.3) is 0 Å². The Labute approximate surface area is 108 Å². The van der Waals surface area contributed by atoms with Crippen LogP contribution in [0.25, 0.3) is 11.0 Å². The molecule has 18 heavy (non-hydrogen) atoms. The Bertz CT molecular complexity index is 511. The van der Waals surface area contributed by atoms with Crippen LogP contribution in [0, 0.1) is 19.8 Å². The summed E-state index contributed by atoms with van der Waals surface area (Å²) in [6.07, 6.45) is 3.63. The lowest BCUT2D eigenvalue weighted by Gasteiger charge is -2.05. The number of aromatic amines is 1. The van der Waals surface area contributed by atoms with E-state index in [4.69, 9.17) is 4.98 Å². The van der Waals surface area contributed by atoms with Crippen molar-refractivity contribution in [2.45, 2.75) is 33.1 Å². The van der Waals surface area contributed by atoms with Crippen LogP contribution in [-0.2, 0) is 6.42 Å². The van der Waals surface area contributed by atoms with E-state index < -0.39 is 0 Å². The molecule has 1 aliphatic rings. The van der Waals surface area contributed by atoms with E-state index in [-0.39, 0.29) is 0 Å². The van der Waals surface area contributed by atoms with Gasteiger partial charge >= 0.3 is 0 Å². The van der Waals surface area contributed by atoms with Crippen molar-refractivity contribution in [2.24, 2.45) is 5.92 Å². The van der Waals surface area contributed by atoms with Gasteiger partial charge in [-0.2, -0.15) is 0 Å². The number of nitrogens with zero attached hydrogens (tertiary/aromatic N) is 1. The normalized spacial score (nSPS) is 19.8. The van der Waals surface area contributed by atoms with Gasteiger partial charge in [-0.25, -0.2) is 4.98 Å². The number of hydrogen-bond donors (Lipinski definition) is 2. The van der Waals surface area contributed by atoms with Crippen molar-refractivity contribution in [1.82, 2.24) is 15.3 Å². The summed E-state index contributed by atoms with van der Waals surface area (Å²) in [5.41, 5.74) is 4.94. The molecule has 0 bridgehead atoms. The summed E-state index contributed by atoms with van der Waals surface area (Å²) in [6, 6.07) is 4.39. The highest BCUT2D eigenvalue weighted by atomic mass is 14.9. The number of fused-ring (bicyclic) bond motifs is 1. The molecule has 2 heterocycles. The third-order valence-electron chi connectivity index (χ3n) is 4.10. The molecule has 0 spiro atoms. The molecule has 1 aliphatic heterocycles. The van der Waals surface area contributed by atoms with E-state index in [2.05, 4.69) is 36.3 Å². The molecular formula is C15H21N3. The van der Waals surface area contributed by atoms with Crippen LogP contribution in [0.1, 0.15) is 29.8 Å². The van der Waals surface area contributed by atoms with Crippen LogP contribution in [-0.4, -0.2) is 23.1 Å². The minimum atomic E-state index is 0.835. The molecule has 1 atom stereocenters. The van der Waals surface area contributed by atoms with E-state index >= 15 is 0 Å². The molecule has 1 fully saturated rings. The zero-order valence-electron chi connectivity index (χ0n) is 11.2. The van der Waals surface area contributed by atoms with E-state index in [1.807, 2.05) is 0 Å².